The van der Waals surface area contributed by atoms with Crippen molar-refractivity contribution in [3.05, 3.63) is 0 Å². The van der Waals surface area contributed by atoms with Gasteiger partial charge in [0.25, 0.3) is 0 Å². The van der Waals surface area contributed by atoms with Gasteiger partial charge < -0.3 is 14.8 Å². The molecule has 0 spiro atoms. The quantitative estimate of drug-likeness (QED) is 0.775. The van der Waals surface area contributed by atoms with Gasteiger partial charge in [0.15, 0.2) is 0 Å². The molecule has 0 unspecified atom stereocenters. The van der Waals surface area contributed by atoms with Crippen LogP contribution in [0.25, 0.3) is 0 Å². The van der Waals surface area contributed by atoms with Gasteiger partial charge in [-0.25, -0.2) is 0 Å². The van der Waals surface area contributed by atoms with E-state index in [-0.39, 0.29) is 0 Å². The third-order valence-electron chi connectivity index (χ3n) is 3.81. The number of nitrogens with one attached hydrogen (secondary N) is 1. The summed E-state index contributed by atoms with van der Waals surface area (Å²) in [7, 11) is 1.78. The molecule has 0 saturated carbocycles. The van der Waals surface area contributed by atoms with Crippen molar-refractivity contribution in [2.24, 2.45) is 0 Å². The van der Waals surface area contributed by atoms with Crippen LogP contribution in [0.1, 0.15) is 25.7 Å². The van der Waals surface area contributed by atoms with Crippen molar-refractivity contribution in [3.8, 4) is 0 Å². The van der Waals surface area contributed by atoms with Crippen molar-refractivity contribution in [1.82, 2.24) is 10.2 Å². The Bertz CT molecular complexity index is 208. The molecule has 0 aromatic heterocycles. The number of ether oxygens (including phenoxy) is 2. The summed E-state index contributed by atoms with van der Waals surface area (Å²) in [6, 6.07) is 1.35. The van der Waals surface area contributed by atoms with E-state index < -0.39 is 0 Å². The van der Waals surface area contributed by atoms with Crippen LogP contribution in [0.5, 0.6) is 0 Å². The van der Waals surface area contributed by atoms with Crippen LogP contribution in [-0.4, -0.2) is 63.5 Å². The van der Waals surface area contributed by atoms with Crippen LogP contribution in [0.3, 0.4) is 0 Å². The van der Waals surface area contributed by atoms with E-state index in [4.69, 9.17) is 9.47 Å². The predicted molar refractivity (Wildman–Crippen MR) is 68.3 cm³/mol. The zero-order chi connectivity index (χ0) is 11.9. The minimum Gasteiger partial charge on any atom is -0.383 e. The SMILES string of the molecule is COCCN1CCC[C@H](NC2CCOCC2)C1. The highest BCUT2D eigenvalue weighted by atomic mass is 16.5. The Hall–Kier alpha value is -0.160. The Morgan fingerprint density at radius 1 is 1.24 bits per heavy atom. The van der Waals surface area contributed by atoms with E-state index in [1.54, 1.807) is 7.11 Å². The molecule has 2 aliphatic rings. The Balaban J connectivity index is 1.68. The van der Waals surface area contributed by atoms with Gasteiger partial charge in [-0.05, 0) is 32.2 Å². The molecule has 2 aliphatic heterocycles. The monoisotopic (exact) mass is 242 g/mol. The Morgan fingerprint density at radius 2 is 2.06 bits per heavy atom. The number of likely N-dealkylation sites (tertiary alicyclic amines) is 1. The fraction of sp³-hybridized carbons (Fsp3) is 1.00. The second-order valence-electron chi connectivity index (χ2n) is 5.19. The van der Waals surface area contributed by atoms with Gasteiger partial charge in [0.05, 0.1) is 6.61 Å². The van der Waals surface area contributed by atoms with E-state index in [2.05, 4.69) is 10.2 Å². The molecule has 4 nitrogen and oxygen atoms in total. The molecule has 0 bridgehead atoms. The summed E-state index contributed by atoms with van der Waals surface area (Å²) in [4.78, 5) is 2.52. The summed E-state index contributed by atoms with van der Waals surface area (Å²) in [6.07, 6.45) is 4.98. The number of rotatable bonds is 5. The van der Waals surface area contributed by atoms with E-state index >= 15 is 0 Å². The van der Waals surface area contributed by atoms with E-state index in [1.165, 1.54) is 38.8 Å². The van der Waals surface area contributed by atoms with E-state index in [9.17, 15) is 0 Å². The van der Waals surface area contributed by atoms with Crippen molar-refractivity contribution in [1.29, 1.82) is 0 Å². The summed E-state index contributed by atoms with van der Waals surface area (Å²) >= 11 is 0. The Labute approximate surface area is 105 Å². The molecular weight excluding hydrogens is 216 g/mol. The summed E-state index contributed by atoms with van der Waals surface area (Å²) in [5.41, 5.74) is 0. The summed E-state index contributed by atoms with van der Waals surface area (Å²) in [6.45, 7) is 6.19. The highest BCUT2D eigenvalue weighted by Crippen LogP contribution is 2.13. The molecule has 2 saturated heterocycles. The standard InChI is InChI=1S/C13H26N2O2/c1-16-10-7-15-6-2-3-13(11-15)14-12-4-8-17-9-5-12/h12-14H,2-11H2,1H3/t13-/m0/s1. The average Bonchev–Trinajstić information content (AvgIpc) is 2.38. The highest BCUT2D eigenvalue weighted by Gasteiger charge is 2.23. The molecule has 2 heterocycles. The van der Waals surface area contributed by atoms with Crippen LogP contribution in [0, 0.1) is 0 Å². The molecular formula is C13H26N2O2. The fourth-order valence-electron chi connectivity index (χ4n) is 2.81. The topological polar surface area (TPSA) is 33.7 Å². The lowest BCUT2D eigenvalue weighted by molar-refractivity contribution is 0.0670. The van der Waals surface area contributed by atoms with Crippen LogP contribution in [0.4, 0.5) is 0 Å². The zero-order valence-corrected chi connectivity index (χ0v) is 11.0. The smallest absolute Gasteiger partial charge is 0.0589 e. The van der Waals surface area contributed by atoms with E-state index in [0.29, 0.717) is 12.1 Å². The largest absolute Gasteiger partial charge is 0.383 e. The van der Waals surface area contributed by atoms with E-state index in [0.717, 1.165) is 26.4 Å². The molecule has 2 rings (SSSR count). The maximum atomic E-state index is 5.40. The van der Waals surface area contributed by atoms with Gasteiger partial charge in [0, 0.05) is 45.5 Å². The van der Waals surface area contributed by atoms with Crippen LogP contribution in [-0.2, 0) is 9.47 Å². The lowest BCUT2D eigenvalue weighted by Crippen LogP contribution is -2.50. The molecule has 0 amide bonds. The molecule has 0 radical (unpaired) electrons. The summed E-state index contributed by atoms with van der Waals surface area (Å²) < 4.78 is 10.5. The first-order valence-corrected chi connectivity index (χ1v) is 6.93. The molecule has 17 heavy (non-hydrogen) atoms. The minimum absolute atomic E-state index is 0.670. The number of methoxy groups -OCH3 is 1. The number of piperidine rings is 1. The third kappa shape index (κ3) is 4.54. The van der Waals surface area contributed by atoms with Gasteiger partial charge in [0.1, 0.15) is 0 Å². The predicted octanol–water partition coefficient (Wildman–Crippen LogP) is 0.866. The molecule has 0 aliphatic carbocycles. The van der Waals surface area contributed by atoms with Crippen molar-refractivity contribution >= 4 is 0 Å². The summed E-state index contributed by atoms with van der Waals surface area (Å²) in [5.74, 6) is 0. The third-order valence-corrected chi connectivity index (χ3v) is 3.81. The van der Waals surface area contributed by atoms with Crippen molar-refractivity contribution in [3.63, 3.8) is 0 Å². The lowest BCUT2D eigenvalue weighted by Gasteiger charge is -2.36. The summed E-state index contributed by atoms with van der Waals surface area (Å²) in [5, 5.41) is 3.80. The lowest BCUT2D eigenvalue weighted by atomic mass is 10.0. The molecule has 1 N–H and O–H groups in total. The Morgan fingerprint density at radius 3 is 2.82 bits per heavy atom. The second kappa shape index (κ2) is 7.31. The first-order chi connectivity index (χ1) is 8.38. The first kappa shape index (κ1) is 13.3. The van der Waals surface area contributed by atoms with Crippen molar-refractivity contribution < 1.29 is 9.47 Å². The normalized spacial score (nSPS) is 28.4. The molecule has 4 heteroatoms. The van der Waals surface area contributed by atoms with Gasteiger partial charge in [-0.2, -0.15) is 0 Å². The van der Waals surface area contributed by atoms with Crippen LogP contribution in [0.2, 0.25) is 0 Å². The molecule has 0 aromatic rings. The van der Waals surface area contributed by atoms with Crippen LogP contribution < -0.4 is 5.32 Å². The average molecular weight is 242 g/mol. The maximum absolute atomic E-state index is 5.40. The fourth-order valence-corrected chi connectivity index (χ4v) is 2.81. The van der Waals surface area contributed by atoms with Crippen molar-refractivity contribution in [2.75, 3.05) is 46.6 Å². The highest BCUT2D eigenvalue weighted by molar-refractivity contribution is 4.82. The number of nitrogens with zero attached hydrogens (tertiary/aromatic N) is 1. The second-order valence-corrected chi connectivity index (χ2v) is 5.19. The number of hydrogen-bond donors (Lipinski definition) is 1. The van der Waals surface area contributed by atoms with Gasteiger partial charge >= 0.3 is 0 Å². The molecule has 2 fully saturated rings. The van der Waals surface area contributed by atoms with Gasteiger partial charge in [-0.1, -0.05) is 0 Å². The van der Waals surface area contributed by atoms with Crippen molar-refractivity contribution in [2.45, 2.75) is 37.8 Å². The van der Waals surface area contributed by atoms with Gasteiger partial charge in [-0.15, -0.1) is 0 Å². The van der Waals surface area contributed by atoms with Crippen LogP contribution in [0.15, 0.2) is 0 Å². The van der Waals surface area contributed by atoms with Gasteiger partial charge in [-0.3, -0.25) is 4.90 Å². The van der Waals surface area contributed by atoms with Gasteiger partial charge in [0.2, 0.25) is 0 Å². The van der Waals surface area contributed by atoms with E-state index in [1.807, 2.05) is 0 Å². The Kier molecular flexibility index (Phi) is 5.71. The maximum Gasteiger partial charge on any atom is 0.0589 e. The minimum atomic E-state index is 0.670. The molecule has 0 aromatic carbocycles. The number of hydrogen-bond acceptors (Lipinski definition) is 4. The molecule has 100 valence electrons. The van der Waals surface area contributed by atoms with Crippen LogP contribution >= 0.6 is 0 Å². The zero-order valence-electron chi connectivity index (χ0n) is 11.0. The first-order valence-electron chi connectivity index (χ1n) is 6.93. The molecule has 1 atom stereocenters.